The maximum absolute atomic E-state index is 11.7. The van der Waals surface area contributed by atoms with Crippen LogP contribution in [0.3, 0.4) is 0 Å². The van der Waals surface area contributed by atoms with Crippen molar-refractivity contribution in [2.24, 2.45) is 0 Å². The molecule has 1 aromatic rings. The van der Waals surface area contributed by atoms with Crippen LogP contribution in [-0.2, 0) is 16.0 Å². The Labute approximate surface area is 121 Å². The number of aryl methyl sites for hydroxylation is 1. The van der Waals surface area contributed by atoms with E-state index in [4.69, 9.17) is 16.7 Å². The van der Waals surface area contributed by atoms with Gasteiger partial charge in [0.1, 0.15) is 6.04 Å². The normalized spacial score (nSPS) is 11.8. The van der Waals surface area contributed by atoms with Gasteiger partial charge in [-0.15, -0.1) is 17.9 Å². The molecule has 1 amide bonds. The highest BCUT2D eigenvalue weighted by atomic mass is 35.5. The van der Waals surface area contributed by atoms with Gasteiger partial charge in [-0.1, -0.05) is 17.7 Å². The molecule has 19 heavy (non-hydrogen) atoms. The minimum atomic E-state index is -1.02. The number of hydrogen-bond donors (Lipinski definition) is 2. The van der Waals surface area contributed by atoms with Crippen LogP contribution in [0.4, 0.5) is 0 Å². The number of rotatable bonds is 8. The second kappa shape index (κ2) is 7.96. The van der Waals surface area contributed by atoms with E-state index in [2.05, 4.69) is 11.9 Å². The highest BCUT2D eigenvalue weighted by Gasteiger charge is 2.18. The van der Waals surface area contributed by atoms with Crippen LogP contribution in [0.1, 0.15) is 24.1 Å². The summed E-state index contributed by atoms with van der Waals surface area (Å²) in [5, 5.41) is 14.0. The second-order valence-electron chi connectivity index (χ2n) is 4.06. The van der Waals surface area contributed by atoms with E-state index >= 15 is 0 Å². The van der Waals surface area contributed by atoms with Crippen LogP contribution < -0.4 is 5.32 Å². The van der Waals surface area contributed by atoms with Gasteiger partial charge in [0, 0.05) is 16.7 Å². The first-order valence-electron chi connectivity index (χ1n) is 5.89. The first-order valence-corrected chi connectivity index (χ1v) is 7.14. The van der Waals surface area contributed by atoms with Crippen LogP contribution in [0.2, 0.25) is 5.02 Å². The van der Waals surface area contributed by atoms with Gasteiger partial charge >= 0.3 is 5.97 Å². The van der Waals surface area contributed by atoms with Crippen LogP contribution in [0, 0.1) is 0 Å². The Hall–Kier alpha value is -1.33. The third-order valence-corrected chi connectivity index (χ3v) is 3.86. The summed E-state index contributed by atoms with van der Waals surface area (Å²) in [6.45, 7) is 3.53. The second-order valence-corrected chi connectivity index (χ2v) is 5.49. The predicted molar refractivity (Wildman–Crippen MR) is 76.6 cm³/mol. The summed E-state index contributed by atoms with van der Waals surface area (Å²) in [5.41, 5.74) is 0. The van der Waals surface area contributed by atoms with Crippen molar-refractivity contribution in [3.63, 3.8) is 0 Å². The quantitative estimate of drug-likeness (QED) is 0.726. The smallest absolute Gasteiger partial charge is 0.326 e. The van der Waals surface area contributed by atoms with Crippen LogP contribution in [0.25, 0.3) is 0 Å². The van der Waals surface area contributed by atoms with Gasteiger partial charge in [-0.05, 0) is 25.3 Å². The fraction of sp³-hybridized carbons (Fsp3) is 0.385. The first-order chi connectivity index (χ1) is 9.02. The fourth-order valence-electron chi connectivity index (χ4n) is 1.53. The van der Waals surface area contributed by atoms with Crippen molar-refractivity contribution in [2.75, 3.05) is 0 Å². The monoisotopic (exact) mass is 301 g/mol. The van der Waals surface area contributed by atoms with Crippen molar-refractivity contribution < 1.29 is 14.7 Å². The molecular weight excluding hydrogens is 286 g/mol. The van der Waals surface area contributed by atoms with E-state index in [1.807, 2.05) is 6.07 Å². The zero-order chi connectivity index (χ0) is 14.3. The van der Waals surface area contributed by atoms with Crippen molar-refractivity contribution in [1.82, 2.24) is 5.32 Å². The number of carboxylic acids is 1. The number of nitrogens with one attached hydrogen (secondary N) is 1. The van der Waals surface area contributed by atoms with Crippen LogP contribution in [0.15, 0.2) is 24.1 Å². The molecule has 0 aliphatic rings. The predicted octanol–water partition coefficient (Wildman–Crippen LogP) is 2.87. The van der Waals surface area contributed by atoms with Gasteiger partial charge in [0.05, 0.1) is 5.02 Å². The van der Waals surface area contributed by atoms with E-state index in [1.54, 1.807) is 11.5 Å². The number of amides is 1. The molecule has 0 aliphatic heterocycles. The summed E-state index contributed by atoms with van der Waals surface area (Å²) in [5.74, 6) is -1.28. The molecule has 0 saturated carbocycles. The molecule has 1 unspecified atom stereocenters. The Morgan fingerprint density at radius 1 is 1.58 bits per heavy atom. The zero-order valence-electron chi connectivity index (χ0n) is 10.4. The Balaban J connectivity index is 2.39. The van der Waals surface area contributed by atoms with Crippen LogP contribution in [0.5, 0.6) is 0 Å². The van der Waals surface area contributed by atoms with Gasteiger partial charge in [-0.3, -0.25) is 4.79 Å². The summed E-state index contributed by atoms with van der Waals surface area (Å²) in [7, 11) is 0. The first kappa shape index (κ1) is 15.7. The molecule has 1 atom stereocenters. The number of carboxylic acid groups (broad SMARTS) is 1. The molecule has 0 fully saturated rings. The Morgan fingerprint density at radius 2 is 2.32 bits per heavy atom. The molecule has 0 bridgehead atoms. The van der Waals surface area contributed by atoms with Crippen LogP contribution in [-0.4, -0.2) is 23.0 Å². The van der Waals surface area contributed by atoms with Crippen molar-refractivity contribution in [3.05, 3.63) is 34.0 Å². The van der Waals surface area contributed by atoms with Crippen molar-refractivity contribution in [3.8, 4) is 0 Å². The van der Waals surface area contributed by atoms with Gasteiger partial charge in [-0.2, -0.15) is 0 Å². The van der Waals surface area contributed by atoms with Crippen molar-refractivity contribution >= 4 is 34.8 Å². The number of halogens is 1. The molecule has 0 radical (unpaired) electrons. The van der Waals surface area contributed by atoms with Gasteiger partial charge in [0.2, 0.25) is 5.91 Å². The molecular formula is C13H16ClNO3S. The standard InChI is InChI=1S/C13H16ClNO3S/c1-2-3-4-11(13(17)18)15-12(16)6-5-10-7-9(14)8-19-10/h2,7-8,11H,1,3-6H2,(H,15,16)(H,17,18). The van der Waals surface area contributed by atoms with E-state index in [1.165, 1.54) is 11.3 Å². The van der Waals surface area contributed by atoms with E-state index in [0.717, 1.165) is 4.88 Å². The number of carbonyl (C=O) groups excluding carboxylic acids is 1. The van der Waals surface area contributed by atoms with Gasteiger partial charge < -0.3 is 10.4 Å². The van der Waals surface area contributed by atoms with E-state index < -0.39 is 12.0 Å². The third kappa shape index (κ3) is 5.89. The highest BCUT2D eigenvalue weighted by Crippen LogP contribution is 2.20. The Kier molecular flexibility index (Phi) is 6.59. The summed E-state index contributed by atoms with van der Waals surface area (Å²) < 4.78 is 0. The molecule has 1 aromatic heterocycles. The minimum Gasteiger partial charge on any atom is -0.480 e. The summed E-state index contributed by atoms with van der Waals surface area (Å²) in [6.07, 6.45) is 3.37. The van der Waals surface area contributed by atoms with E-state index in [0.29, 0.717) is 24.3 Å². The number of thiophene rings is 1. The minimum absolute atomic E-state index is 0.259. The summed E-state index contributed by atoms with van der Waals surface area (Å²) >= 11 is 7.27. The van der Waals surface area contributed by atoms with Crippen molar-refractivity contribution in [1.29, 1.82) is 0 Å². The third-order valence-electron chi connectivity index (χ3n) is 2.51. The largest absolute Gasteiger partial charge is 0.480 e. The van der Waals surface area contributed by atoms with E-state index in [9.17, 15) is 9.59 Å². The number of allylic oxidation sites excluding steroid dienone is 1. The lowest BCUT2D eigenvalue weighted by Gasteiger charge is -2.13. The Morgan fingerprint density at radius 3 is 2.84 bits per heavy atom. The molecule has 0 aliphatic carbocycles. The summed E-state index contributed by atoms with van der Waals surface area (Å²) in [4.78, 5) is 23.6. The van der Waals surface area contributed by atoms with E-state index in [-0.39, 0.29) is 12.3 Å². The number of carbonyl (C=O) groups is 2. The molecule has 0 saturated heterocycles. The maximum atomic E-state index is 11.7. The molecule has 0 aromatic carbocycles. The van der Waals surface area contributed by atoms with Crippen molar-refractivity contribution in [2.45, 2.75) is 31.7 Å². The molecule has 1 heterocycles. The van der Waals surface area contributed by atoms with Gasteiger partial charge in [-0.25, -0.2) is 4.79 Å². The average molecular weight is 302 g/mol. The van der Waals surface area contributed by atoms with Gasteiger partial charge in [0.25, 0.3) is 0 Å². The molecule has 4 nitrogen and oxygen atoms in total. The lowest BCUT2D eigenvalue weighted by atomic mass is 10.1. The average Bonchev–Trinajstić information content (AvgIpc) is 2.77. The lowest BCUT2D eigenvalue weighted by Crippen LogP contribution is -2.40. The SMILES string of the molecule is C=CCCC(NC(=O)CCc1cc(Cl)cs1)C(=O)O. The molecule has 0 spiro atoms. The molecule has 2 N–H and O–H groups in total. The molecule has 104 valence electrons. The topological polar surface area (TPSA) is 66.4 Å². The van der Waals surface area contributed by atoms with Crippen LogP contribution >= 0.6 is 22.9 Å². The maximum Gasteiger partial charge on any atom is 0.326 e. The Bertz CT molecular complexity index is 458. The number of aliphatic carboxylic acids is 1. The molecule has 6 heteroatoms. The highest BCUT2D eigenvalue weighted by molar-refractivity contribution is 7.10. The zero-order valence-corrected chi connectivity index (χ0v) is 12.0. The lowest BCUT2D eigenvalue weighted by molar-refractivity contribution is -0.142. The van der Waals surface area contributed by atoms with Gasteiger partial charge in [0.15, 0.2) is 0 Å². The number of hydrogen-bond acceptors (Lipinski definition) is 3. The molecule has 1 rings (SSSR count). The fourth-order valence-corrected chi connectivity index (χ4v) is 2.61. The summed E-state index contributed by atoms with van der Waals surface area (Å²) in [6, 6.07) is 0.962.